The Morgan fingerprint density at radius 1 is 1.50 bits per heavy atom. The molecule has 0 aromatic carbocycles. The first-order valence-corrected chi connectivity index (χ1v) is 5.07. The lowest BCUT2D eigenvalue weighted by molar-refractivity contribution is -0.276. The average Bonchev–Trinajstić information content (AvgIpc) is 2.18. The van der Waals surface area contributed by atoms with Crippen LogP contribution in [0.4, 0.5) is 13.2 Å². The number of hydrogen-bond donors (Lipinski definition) is 1. The monoisotopic (exact) mass is 301 g/mol. The highest BCUT2D eigenvalue weighted by molar-refractivity contribution is 9.08. The van der Waals surface area contributed by atoms with Crippen molar-refractivity contribution in [2.24, 2.45) is 0 Å². The van der Waals surface area contributed by atoms with Gasteiger partial charge in [-0.25, -0.2) is 4.98 Å². The molecule has 8 heteroatoms. The third-order valence-electron chi connectivity index (χ3n) is 1.62. The van der Waals surface area contributed by atoms with E-state index < -0.39 is 12.2 Å². The van der Waals surface area contributed by atoms with Crippen molar-refractivity contribution in [2.45, 2.75) is 11.7 Å². The van der Waals surface area contributed by atoms with Crippen LogP contribution in [0.1, 0.15) is 5.56 Å². The molecule has 0 fully saturated rings. The van der Waals surface area contributed by atoms with Crippen molar-refractivity contribution < 1.29 is 27.8 Å². The maximum atomic E-state index is 12.0. The molecule has 0 atom stereocenters. The van der Waals surface area contributed by atoms with Crippen LogP contribution in [0.3, 0.4) is 0 Å². The molecule has 1 N–H and O–H groups in total. The molecule has 0 saturated carbocycles. The Kier molecular flexibility index (Phi) is 3.84. The van der Waals surface area contributed by atoms with Crippen LogP contribution in [-0.2, 0) is 5.33 Å². The van der Waals surface area contributed by atoms with Gasteiger partial charge in [0.15, 0.2) is 11.5 Å². The molecular formula is C8H7BrF3NO3. The van der Waals surface area contributed by atoms with Crippen LogP contribution < -0.4 is 9.47 Å². The third-order valence-corrected chi connectivity index (χ3v) is 2.18. The van der Waals surface area contributed by atoms with Crippen molar-refractivity contribution in [3.05, 3.63) is 11.8 Å². The molecule has 1 aromatic rings. The van der Waals surface area contributed by atoms with Gasteiger partial charge >= 0.3 is 6.36 Å². The van der Waals surface area contributed by atoms with Crippen molar-refractivity contribution in [1.82, 2.24) is 4.98 Å². The van der Waals surface area contributed by atoms with Crippen LogP contribution in [0.15, 0.2) is 6.20 Å². The predicted molar refractivity (Wildman–Crippen MR) is 51.8 cm³/mol. The Balaban J connectivity index is 3.19. The Morgan fingerprint density at radius 3 is 2.56 bits per heavy atom. The smallest absolute Gasteiger partial charge is 0.503 e. The molecule has 0 unspecified atom stereocenters. The number of nitrogens with zero attached hydrogens (tertiary/aromatic N) is 1. The molecule has 0 amide bonds. The summed E-state index contributed by atoms with van der Waals surface area (Å²) < 4.78 is 44.5. The standard InChI is InChI=1S/C8H7BrF3NO3/c1-15-6-4(2-9)7(13-3-5(6)14)16-8(10,11)12/h3,14H,2H2,1H3. The summed E-state index contributed by atoms with van der Waals surface area (Å²) in [6.07, 6.45) is -4.02. The number of pyridine rings is 1. The number of hydrogen-bond acceptors (Lipinski definition) is 4. The second-order valence-corrected chi connectivity index (χ2v) is 3.20. The fraction of sp³-hybridized carbons (Fsp3) is 0.375. The summed E-state index contributed by atoms with van der Waals surface area (Å²) in [5.41, 5.74) is -0.0141. The lowest BCUT2D eigenvalue weighted by atomic mass is 10.2. The molecule has 0 spiro atoms. The number of ether oxygens (including phenoxy) is 2. The van der Waals surface area contributed by atoms with E-state index in [1.165, 1.54) is 7.11 Å². The van der Waals surface area contributed by atoms with E-state index >= 15 is 0 Å². The summed E-state index contributed by atoms with van der Waals surface area (Å²) >= 11 is 2.96. The van der Waals surface area contributed by atoms with Gasteiger partial charge in [-0.3, -0.25) is 0 Å². The van der Waals surface area contributed by atoms with Crippen molar-refractivity contribution in [3.8, 4) is 17.4 Å². The minimum Gasteiger partial charge on any atom is -0.503 e. The Bertz CT molecular complexity index is 384. The molecule has 1 rings (SSSR count). The first kappa shape index (κ1) is 12.9. The number of rotatable bonds is 3. The topological polar surface area (TPSA) is 51.6 Å². The quantitative estimate of drug-likeness (QED) is 0.872. The maximum absolute atomic E-state index is 12.0. The normalized spacial score (nSPS) is 11.3. The van der Waals surface area contributed by atoms with E-state index in [4.69, 9.17) is 4.74 Å². The first-order chi connectivity index (χ1) is 7.39. The molecule has 0 radical (unpaired) electrons. The average molecular weight is 302 g/mol. The van der Waals surface area contributed by atoms with E-state index in [0.29, 0.717) is 0 Å². The van der Waals surface area contributed by atoms with Crippen LogP contribution in [0, 0.1) is 0 Å². The highest BCUT2D eigenvalue weighted by Gasteiger charge is 2.33. The fourth-order valence-corrected chi connectivity index (χ4v) is 1.55. The van der Waals surface area contributed by atoms with Gasteiger partial charge in [0.1, 0.15) is 0 Å². The maximum Gasteiger partial charge on any atom is 0.574 e. The van der Waals surface area contributed by atoms with Crippen LogP contribution in [-0.4, -0.2) is 23.6 Å². The van der Waals surface area contributed by atoms with E-state index in [1.54, 1.807) is 0 Å². The summed E-state index contributed by atoms with van der Waals surface area (Å²) in [5.74, 6) is -1.11. The lowest BCUT2D eigenvalue weighted by Gasteiger charge is -2.14. The molecule has 16 heavy (non-hydrogen) atoms. The minimum atomic E-state index is -4.84. The summed E-state index contributed by atoms with van der Waals surface area (Å²) in [5, 5.41) is 9.30. The number of methoxy groups -OCH3 is 1. The van der Waals surface area contributed by atoms with Gasteiger partial charge in [-0.15, -0.1) is 13.2 Å². The molecule has 0 saturated heterocycles. The van der Waals surface area contributed by atoms with Gasteiger partial charge in [0.05, 0.1) is 18.9 Å². The van der Waals surface area contributed by atoms with Crippen molar-refractivity contribution >= 4 is 15.9 Å². The van der Waals surface area contributed by atoms with Crippen molar-refractivity contribution in [2.75, 3.05) is 7.11 Å². The van der Waals surface area contributed by atoms with E-state index in [-0.39, 0.29) is 22.4 Å². The molecular weight excluding hydrogens is 295 g/mol. The zero-order chi connectivity index (χ0) is 12.3. The SMILES string of the molecule is COc1c(O)cnc(OC(F)(F)F)c1CBr. The second-order valence-electron chi connectivity index (χ2n) is 2.64. The first-order valence-electron chi connectivity index (χ1n) is 3.95. The number of aromatic nitrogens is 1. The highest BCUT2D eigenvalue weighted by atomic mass is 79.9. The van der Waals surface area contributed by atoms with E-state index in [9.17, 15) is 18.3 Å². The Hall–Kier alpha value is -1.18. The lowest BCUT2D eigenvalue weighted by Crippen LogP contribution is -2.19. The van der Waals surface area contributed by atoms with Gasteiger partial charge < -0.3 is 14.6 Å². The van der Waals surface area contributed by atoms with E-state index in [0.717, 1.165) is 6.20 Å². The summed E-state index contributed by atoms with van der Waals surface area (Å²) in [6, 6.07) is 0. The Morgan fingerprint density at radius 2 is 2.12 bits per heavy atom. The Labute approximate surface area is 97.1 Å². The number of alkyl halides is 4. The molecule has 0 aliphatic carbocycles. The summed E-state index contributed by atoms with van der Waals surface area (Å²) in [6.45, 7) is 0. The molecule has 0 bridgehead atoms. The van der Waals surface area contributed by atoms with E-state index in [2.05, 4.69) is 25.7 Å². The molecule has 90 valence electrons. The molecule has 0 aliphatic rings. The van der Waals surface area contributed by atoms with Crippen molar-refractivity contribution in [3.63, 3.8) is 0 Å². The largest absolute Gasteiger partial charge is 0.574 e. The van der Waals surface area contributed by atoms with Gasteiger partial charge in [0, 0.05) is 5.33 Å². The number of halogens is 4. The summed E-state index contributed by atoms with van der Waals surface area (Å²) in [7, 11) is 1.22. The fourth-order valence-electron chi connectivity index (χ4n) is 1.05. The zero-order valence-electron chi connectivity index (χ0n) is 8.01. The van der Waals surface area contributed by atoms with E-state index in [1.807, 2.05) is 0 Å². The van der Waals surface area contributed by atoms with Crippen LogP contribution in [0.2, 0.25) is 0 Å². The summed E-state index contributed by atoms with van der Waals surface area (Å²) in [4.78, 5) is 3.34. The zero-order valence-corrected chi connectivity index (χ0v) is 9.59. The van der Waals surface area contributed by atoms with Gasteiger partial charge in [0.25, 0.3) is 0 Å². The molecule has 4 nitrogen and oxygen atoms in total. The predicted octanol–water partition coefficient (Wildman–Crippen LogP) is 2.59. The molecule has 1 aromatic heterocycles. The van der Waals surface area contributed by atoms with Gasteiger partial charge in [0.2, 0.25) is 5.88 Å². The van der Waals surface area contributed by atoms with Crippen LogP contribution in [0.25, 0.3) is 0 Å². The second kappa shape index (κ2) is 4.77. The third kappa shape index (κ3) is 2.91. The van der Waals surface area contributed by atoms with Crippen LogP contribution in [0.5, 0.6) is 17.4 Å². The molecule has 1 heterocycles. The van der Waals surface area contributed by atoms with Crippen LogP contribution >= 0.6 is 15.9 Å². The minimum absolute atomic E-state index is 0.00296. The highest BCUT2D eigenvalue weighted by Crippen LogP contribution is 2.37. The van der Waals surface area contributed by atoms with Gasteiger partial charge in [-0.05, 0) is 0 Å². The van der Waals surface area contributed by atoms with Gasteiger partial charge in [-0.2, -0.15) is 0 Å². The van der Waals surface area contributed by atoms with Gasteiger partial charge in [-0.1, -0.05) is 15.9 Å². The molecule has 0 aliphatic heterocycles. The van der Waals surface area contributed by atoms with Crippen molar-refractivity contribution in [1.29, 1.82) is 0 Å². The number of aromatic hydroxyl groups is 1.